The van der Waals surface area contributed by atoms with Crippen molar-refractivity contribution in [2.24, 2.45) is 0 Å². The zero-order valence-electron chi connectivity index (χ0n) is 31.7. The summed E-state index contributed by atoms with van der Waals surface area (Å²) in [6.07, 6.45) is -9.20. The zero-order valence-corrected chi connectivity index (χ0v) is 31.7. The van der Waals surface area contributed by atoms with Gasteiger partial charge in [0.15, 0.2) is 0 Å². The van der Waals surface area contributed by atoms with Crippen LogP contribution in [0.3, 0.4) is 0 Å². The minimum Gasteiger partial charge on any atom is -0.310 e. The summed E-state index contributed by atoms with van der Waals surface area (Å²) in [6, 6.07) is 47.6. The van der Waals surface area contributed by atoms with Crippen LogP contribution in [0.2, 0.25) is 0 Å². The fourth-order valence-electron chi connectivity index (χ4n) is 8.60. The van der Waals surface area contributed by atoms with Gasteiger partial charge in [-0.15, -0.1) is 0 Å². The van der Waals surface area contributed by atoms with E-state index in [-0.39, 0.29) is 11.4 Å². The molecule has 0 aliphatic rings. The Labute approximate surface area is 334 Å². The molecule has 3 nitrogen and oxygen atoms in total. The van der Waals surface area contributed by atoms with Crippen molar-refractivity contribution in [3.8, 4) is 0 Å². The van der Waals surface area contributed by atoms with E-state index in [0.717, 1.165) is 72.1 Å². The van der Waals surface area contributed by atoms with E-state index < -0.39 is 23.5 Å². The lowest BCUT2D eigenvalue weighted by Gasteiger charge is -2.28. The van der Waals surface area contributed by atoms with Gasteiger partial charge in [0.2, 0.25) is 0 Å². The maximum absolute atomic E-state index is 14.6. The Balaban J connectivity index is 1.25. The summed E-state index contributed by atoms with van der Waals surface area (Å²) in [7, 11) is 0. The second-order valence-corrected chi connectivity index (χ2v) is 15.0. The Kier molecular flexibility index (Phi) is 8.18. The van der Waals surface area contributed by atoms with Gasteiger partial charge in [-0.25, -0.2) is 0 Å². The molecular formula is C50H33F6N3. The van der Waals surface area contributed by atoms with Gasteiger partial charge in [0, 0.05) is 44.3 Å². The van der Waals surface area contributed by atoms with E-state index in [1.165, 1.54) is 24.3 Å². The molecule has 0 N–H and O–H groups in total. The first-order valence-corrected chi connectivity index (χ1v) is 19.1. The minimum atomic E-state index is -4.60. The van der Waals surface area contributed by atoms with Gasteiger partial charge < -0.3 is 14.2 Å². The van der Waals surface area contributed by atoms with E-state index in [2.05, 4.69) is 10.5 Å². The van der Waals surface area contributed by atoms with Crippen molar-refractivity contribution in [2.45, 2.75) is 26.2 Å². The smallest absolute Gasteiger partial charge is 0.310 e. The highest BCUT2D eigenvalue weighted by Gasteiger charge is 2.37. The van der Waals surface area contributed by atoms with Gasteiger partial charge in [0.1, 0.15) is 0 Å². The number of alkyl halides is 6. The Morgan fingerprint density at radius 1 is 0.407 bits per heavy atom. The molecule has 0 spiro atoms. The second kappa shape index (κ2) is 13.3. The molecule has 2 heterocycles. The summed E-state index contributed by atoms with van der Waals surface area (Å²) >= 11 is 0. The lowest BCUT2D eigenvalue weighted by atomic mass is 9.98. The standard InChI is InChI=1S/C50H33F6N3/c1-30-15-20-33(21-16-30)57(44-13-7-4-10-41(44)49(51,52)53)35-24-19-32-27-40-37-26-25-36(29-46(37)59-43-12-6-3-9-38(43)47(48(40)59)39(32)28-35)58(34-22-17-31(2)18-23-34)45-14-8-5-11-42(45)50(54,55)56/h3-29H,1-2H3. The van der Waals surface area contributed by atoms with Gasteiger partial charge in [-0.3, -0.25) is 0 Å². The predicted octanol–water partition coefficient (Wildman–Crippen LogP) is 15.6. The van der Waals surface area contributed by atoms with E-state index in [9.17, 15) is 26.3 Å². The lowest BCUT2D eigenvalue weighted by molar-refractivity contribution is -0.137. The molecule has 2 aromatic heterocycles. The van der Waals surface area contributed by atoms with E-state index in [1.807, 2.05) is 123 Å². The molecule has 0 aliphatic heterocycles. The highest BCUT2D eigenvalue weighted by Crippen LogP contribution is 2.49. The number of nitrogens with zero attached hydrogens (tertiary/aromatic N) is 3. The van der Waals surface area contributed by atoms with Gasteiger partial charge in [0.25, 0.3) is 0 Å². The van der Waals surface area contributed by atoms with Crippen LogP contribution in [0, 0.1) is 13.8 Å². The summed E-state index contributed by atoms with van der Waals surface area (Å²) in [4.78, 5) is 3.30. The number of benzene rings is 8. The average molecular weight is 790 g/mol. The van der Waals surface area contributed by atoms with Gasteiger partial charge >= 0.3 is 12.4 Å². The Bertz CT molecular complexity index is 3090. The highest BCUT2D eigenvalue weighted by molar-refractivity contribution is 6.31. The fraction of sp³-hybridized carbons (Fsp3) is 0.0800. The molecule has 0 unspecified atom stereocenters. The molecule has 10 rings (SSSR count). The van der Waals surface area contributed by atoms with Crippen LogP contribution in [0.15, 0.2) is 164 Å². The number of fused-ring (bicyclic) bond motifs is 8. The van der Waals surface area contributed by atoms with Crippen molar-refractivity contribution in [3.63, 3.8) is 0 Å². The molecule has 290 valence electrons. The fourth-order valence-corrected chi connectivity index (χ4v) is 8.60. The first-order chi connectivity index (χ1) is 28.4. The molecule has 10 aromatic rings. The monoisotopic (exact) mass is 789 g/mol. The third-order valence-corrected chi connectivity index (χ3v) is 11.2. The molecule has 0 amide bonds. The van der Waals surface area contributed by atoms with E-state index in [0.29, 0.717) is 22.7 Å². The minimum absolute atomic E-state index is 0.00493. The van der Waals surface area contributed by atoms with Crippen LogP contribution >= 0.6 is 0 Å². The van der Waals surface area contributed by atoms with Crippen LogP contribution < -0.4 is 9.80 Å². The van der Waals surface area contributed by atoms with E-state index >= 15 is 0 Å². The number of hydrogen-bond donors (Lipinski definition) is 0. The number of para-hydroxylation sites is 3. The van der Waals surface area contributed by atoms with Crippen molar-refractivity contribution >= 4 is 83.0 Å². The van der Waals surface area contributed by atoms with Gasteiger partial charge in [-0.1, -0.05) is 90.0 Å². The summed E-state index contributed by atoms with van der Waals surface area (Å²) in [5.74, 6) is 0. The summed E-state index contributed by atoms with van der Waals surface area (Å²) in [6.45, 7) is 3.86. The molecule has 0 radical (unpaired) electrons. The van der Waals surface area contributed by atoms with Crippen LogP contribution in [-0.2, 0) is 12.4 Å². The molecule has 0 saturated carbocycles. The number of hydrogen-bond acceptors (Lipinski definition) is 2. The van der Waals surface area contributed by atoms with Crippen molar-refractivity contribution in [1.82, 2.24) is 4.40 Å². The van der Waals surface area contributed by atoms with Crippen molar-refractivity contribution in [2.75, 3.05) is 9.80 Å². The first-order valence-electron chi connectivity index (χ1n) is 19.1. The van der Waals surface area contributed by atoms with Gasteiger partial charge in [0.05, 0.1) is 39.1 Å². The normalized spacial score (nSPS) is 12.4. The maximum Gasteiger partial charge on any atom is 0.418 e. The molecule has 0 saturated heterocycles. The molecular weight excluding hydrogens is 757 g/mol. The van der Waals surface area contributed by atoms with E-state index in [4.69, 9.17) is 0 Å². The molecule has 0 aliphatic carbocycles. The van der Waals surface area contributed by atoms with Crippen molar-refractivity contribution < 1.29 is 26.3 Å². The summed E-state index contributed by atoms with van der Waals surface area (Å²) in [5.41, 5.74) is 5.34. The van der Waals surface area contributed by atoms with Crippen LogP contribution in [0.25, 0.3) is 48.9 Å². The number of aromatic nitrogens is 1. The largest absolute Gasteiger partial charge is 0.418 e. The SMILES string of the molecule is Cc1ccc(N(c2ccc3cc4c5ccc(N(c6ccc(C)cc6)c6ccccc6C(F)(F)F)cc5n5c6ccccc6c(c3c2)c45)c2ccccc2C(F)(F)F)cc1. The number of anilines is 6. The zero-order chi connectivity index (χ0) is 40.8. The highest BCUT2D eigenvalue weighted by atomic mass is 19.4. The van der Waals surface area contributed by atoms with Crippen molar-refractivity contribution in [1.29, 1.82) is 0 Å². The van der Waals surface area contributed by atoms with Crippen LogP contribution in [-0.4, -0.2) is 4.40 Å². The molecule has 9 heteroatoms. The lowest BCUT2D eigenvalue weighted by Crippen LogP contribution is -2.16. The molecule has 0 atom stereocenters. The average Bonchev–Trinajstić information content (AvgIpc) is 3.74. The quantitative estimate of drug-likeness (QED) is 0.155. The number of aryl methyl sites for hydroxylation is 2. The van der Waals surface area contributed by atoms with Crippen LogP contribution in [0.4, 0.5) is 60.5 Å². The molecule has 59 heavy (non-hydrogen) atoms. The topological polar surface area (TPSA) is 10.9 Å². The first kappa shape index (κ1) is 36.3. The maximum atomic E-state index is 14.6. The van der Waals surface area contributed by atoms with Gasteiger partial charge in [-0.2, -0.15) is 26.3 Å². The van der Waals surface area contributed by atoms with E-state index in [1.54, 1.807) is 21.9 Å². The van der Waals surface area contributed by atoms with Crippen LogP contribution in [0.1, 0.15) is 22.3 Å². The molecule has 0 fully saturated rings. The van der Waals surface area contributed by atoms with Crippen molar-refractivity contribution in [3.05, 3.63) is 186 Å². The Hall–Kier alpha value is -7.00. The number of rotatable bonds is 6. The second-order valence-electron chi connectivity index (χ2n) is 15.0. The third-order valence-electron chi connectivity index (χ3n) is 11.2. The summed E-state index contributed by atoms with van der Waals surface area (Å²) < 4.78 is 89.8. The van der Waals surface area contributed by atoms with Crippen LogP contribution in [0.5, 0.6) is 0 Å². The van der Waals surface area contributed by atoms with Gasteiger partial charge in [-0.05, 0) is 110 Å². The predicted molar refractivity (Wildman–Crippen MR) is 227 cm³/mol. The summed E-state index contributed by atoms with van der Waals surface area (Å²) in [5, 5.41) is 5.49. The molecule has 8 aromatic carbocycles. The molecule has 0 bridgehead atoms. The Morgan fingerprint density at radius 3 is 1.47 bits per heavy atom. The number of halogens is 6. The Morgan fingerprint density at radius 2 is 0.898 bits per heavy atom. The third kappa shape index (κ3) is 5.91.